The van der Waals surface area contributed by atoms with Crippen molar-refractivity contribution in [3.63, 3.8) is 0 Å². The Balaban J connectivity index is 2.68. The second-order valence-electron chi connectivity index (χ2n) is 4.34. The van der Waals surface area contributed by atoms with Gasteiger partial charge in [-0.2, -0.15) is 5.26 Å². The number of aryl methyl sites for hydroxylation is 1. The number of rotatable bonds is 3. The zero-order chi connectivity index (χ0) is 13.1. The fraction of sp³-hybridized carbons (Fsp3) is 0.333. The number of hydrogen-bond donors (Lipinski definition) is 0. The first-order valence-electron chi connectivity index (χ1n) is 6.26. The maximum atomic E-state index is 9.26. The molecule has 0 atom stereocenters. The van der Waals surface area contributed by atoms with Gasteiger partial charge < -0.3 is 4.90 Å². The number of benzene rings is 1. The van der Waals surface area contributed by atoms with Gasteiger partial charge >= 0.3 is 0 Å². The van der Waals surface area contributed by atoms with Crippen LogP contribution in [0.1, 0.15) is 25.0 Å². The Hall–Kier alpha value is -2.08. The summed E-state index contributed by atoms with van der Waals surface area (Å²) in [7, 11) is 0. The van der Waals surface area contributed by atoms with Gasteiger partial charge in [-0.05, 0) is 38.5 Å². The van der Waals surface area contributed by atoms with Crippen molar-refractivity contribution in [2.75, 3.05) is 18.0 Å². The lowest BCUT2D eigenvalue weighted by molar-refractivity contribution is 0.847. The number of nitriles is 1. The number of hydrogen-bond acceptors (Lipinski definition) is 3. The maximum absolute atomic E-state index is 9.26. The van der Waals surface area contributed by atoms with Crippen LogP contribution in [0.4, 0.5) is 5.82 Å². The average Bonchev–Trinajstić information content (AvgIpc) is 2.39. The van der Waals surface area contributed by atoms with E-state index in [1.165, 1.54) is 5.56 Å². The number of anilines is 1. The van der Waals surface area contributed by atoms with Crippen LogP contribution < -0.4 is 4.90 Å². The molecule has 2 rings (SSSR count). The molecule has 0 fully saturated rings. The number of nitrogens with zero attached hydrogens (tertiary/aromatic N) is 3. The third-order valence-electron chi connectivity index (χ3n) is 3.14. The largest absolute Gasteiger partial charge is 0.356 e. The van der Waals surface area contributed by atoms with Crippen LogP contribution in [0.15, 0.2) is 24.3 Å². The predicted octanol–water partition coefficient (Wildman–Crippen LogP) is 3.26. The van der Waals surface area contributed by atoms with E-state index in [1.807, 2.05) is 18.2 Å². The first-order chi connectivity index (χ1) is 8.69. The van der Waals surface area contributed by atoms with Crippen LogP contribution in [-0.4, -0.2) is 18.1 Å². The molecule has 0 aliphatic carbocycles. The molecule has 0 N–H and O–H groups in total. The lowest BCUT2D eigenvalue weighted by Gasteiger charge is -2.21. The van der Waals surface area contributed by atoms with Crippen LogP contribution in [0.2, 0.25) is 0 Å². The lowest BCUT2D eigenvalue weighted by atomic mass is 10.1. The summed E-state index contributed by atoms with van der Waals surface area (Å²) in [5.74, 6) is 0.792. The van der Waals surface area contributed by atoms with Gasteiger partial charge in [0.05, 0.1) is 11.1 Å². The van der Waals surface area contributed by atoms with Crippen molar-refractivity contribution in [2.45, 2.75) is 20.8 Å². The molecule has 0 aliphatic rings. The van der Waals surface area contributed by atoms with E-state index in [-0.39, 0.29) is 0 Å². The first kappa shape index (κ1) is 12.4. The monoisotopic (exact) mass is 239 g/mol. The summed E-state index contributed by atoms with van der Waals surface area (Å²) in [4.78, 5) is 6.76. The molecule has 18 heavy (non-hydrogen) atoms. The van der Waals surface area contributed by atoms with Crippen molar-refractivity contribution in [2.24, 2.45) is 0 Å². The Bertz CT molecular complexity index is 607. The fourth-order valence-corrected chi connectivity index (χ4v) is 2.11. The SMILES string of the molecule is CCN(CC)c1nc2cc(C)ccc2cc1C#N. The highest BCUT2D eigenvalue weighted by molar-refractivity contribution is 5.83. The van der Waals surface area contributed by atoms with E-state index in [2.05, 4.69) is 42.8 Å². The van der Waals surface area contributed by atoms with Crippen molar-refractivity contribution < 1.29 is 0 Å². The van der Waals surface area contributed by atoms with Crippen molar-refractivity contribution in [1.82, 2.24) is 4.98 Å². The fourth-order valence-electron chi connectivity index (χ4n) is 2.11. The van der Waals surface area contributed by atoms with E-state index in [0.717, 1.165) is 29.8 Å². The second kappa shape index (κ2) is 5.05. The molecule has 0 aliphatic heterocycles. The predicted molar refractivity (Wildman–Crippen MR) is 74.8 cm³/mol. The highest BCUT2D eigenvalue weighted by Crippen LogP contribution is 2.23. The summed E-state index contributed by atoms with van der Waals surface area (Å²) in [5, 5.41) is 10.3. The topological polar surface area (TPSA) is 39.9 Å². The molecule has 2 aromatic rings. The Morgan fingerprint density at radius 2 is 1.94 bits per heavy atom. The minimum atomic E-state index is 0.648. The highest BCUT2D eigenvalue weighted by Gasteiger charge is 2.11. The van der Waals surface area contributed by atoms with Crippen LogP contribution in [0.5, 0.6) is 0 Å². The van der Waals surface area contributed by atoms with Crippen LogP contribution in [0, 0.1) is 18.3 Å². The van der Waals surface area contributed by atoms with Gasteiger partial charge in [0.1, 0.15) is 11.9 Å². The zero-order valence-electron chi connectivity index (χ0n) is 11.1. The summed E-state index contributed by atoms with van der Waals surface area (Å²) in [6.45, 7) is 7.92. The molecule has 3 heteroatoms. The van der Waals surface area contributed by atoms with E-state index in [0.29, 0.717) is 5.56 Å². The van der Waals surface area contributed by atoms with Crippen LogP contribution in [0.25, 0.3) is 10.9 Å². The quantitative estimate of drug-likeness (QED) is 0.825. The van der Waals surface area contributed by atoms with Gasteiger partial charge in [0.15, 0.2) is 0 Å². The molecule has 0 spiro atoms. The molecule has 0 saturated carbocycles. The van der Waals surface area contributed by atoms with E-state index >= 15 is 0 Å². The molecule has 0 saturated heterocycles. The smallest absolute Gasteiger partial charge is 0.147 e. The highest BCUT2D eigenvalue weighted by atomic mass is 15.2. The van der Waals surface area contributed by atoms with E-state index < -0.39 is 0 Å². The molecule has 92 valence electrons. The first-order valence-corrected chi connectivity index (χ1v) is 6.26. The third-order valence-corrected chi connectivity index (χ3v) is 3.14. The minimum absolute atomic E-state index is 0.648. The van der Waals surface area contributed by atoms with Crippen molar-refractivity contribution in [3.05, 3.63) is 35.4 Å². The van der Waals surface area contributed by atoms with Crippen LogP contribution in [-0.2, 0) is 0 Å². The normalized spacial score (nSPS) is 10.3. The van der Waals surface area contributed by atoms with Crippen molar-refractivity contribution in [3.8, 4) is 6.07 Å². The lowest BCUT2D eigenvalue weighted by Crippen LogP contribution is -2.24. The van der Waals surface area contributed by atoms with Crippen LogP contribution >= 0.6 is 0 Å². The molecule has 0 radical (unpaired) electrons. The van der Waals surface area contributed by atoms with Gasteiger partial charge in [0, 0.05) is 18.5 Å². The molecule has 0 unspecified atom stereocenters. The molecule has 1 aromatic carbocycles. The molecule has 1 aromatic heterocycles. The Kier molecular flexibility index (Phi) is 3.47. The van der Waals surface area contributed by atoms with Crippen LogP contribution in [0.3, 0.4) is 0 Å². The van der Waals surface area contributed by atoms with Crippen molar-refractivity contribution in [1.29, 1.82) is 5.26 Å². The van der Waals surface area contributed by atoms with E-state index in [1.54, 1.807) is 0 Å². The van der Waals surface area contributed by atoms with E-state index in [4.69, 9.17) is 0 Å². The second-order valence-corrected chi connectivity index (χ2v) is 4.34. The minimum Gasteiger partial charge on any atom is -0.356 e. The molecule has 3 nitrogen and oxygen atoms in total. The average molecular weight is 239 g/mol. The summed E-state index contributed by atoms with van der Waals surface area (Å²) >= 11 is 0. The molecule has 1 heterocycles. The number of fused-ring (bicyclic) bond motifs is 1. The Labute approximate surface area is 108 Å². The summed E-state index contributed by atoms with van der Waals surface area (Å²) < 4.78 is 0. The molecule has 0 bridgehead atoms. The molecular formula is C15H17N3. The molecule has 0 amide bonds. The van der Waals surface area contributed by atoms with Gasteiger partial charge in [-0.25, -0.2) is 4.98 Å². The summed E-state index contributed by atoms with van der Waals surface area (Å²) in [5.41, 5.74) is 2.79. The Morgan fingerprint density at radius 3 is 2.56 bits per heavy atom. The summed E-state index contributed by atoms with van der Waals surface area (Å²) in [6, 6.07) is 10.3. The van der Waals surface area contributed by atoms with Gasteiger partial charge in [-0.15, -0.1) is 0 Å². The Morgan fingerprint density at radius 1 is 1.22 bits per heavy atom. The number of pyridine rings is 1. The van der Waals surface area contributed by atoms with Gasteiger partial charge in [0.2, 0.25) is 0 Å². The maximum Gasteiger partial charge on any atom is 0.147 e. The van der Waals surface area contributed by atoms with E-state index in [9.17, 15) is 5.26 Å². The van der Waals surface area contributed by atoms with Gasteiger partial charge in [-0.1, -0.05) is 12.1 Å². The third kappa shape index (κ3) is 2.14. The number of aromatic nitrogens is 1. The van der Waals surface area contributed by atoms with Crippen molar-refractivity contribution >= 4 is 16.7 Å². The van der Waals surface area contributed by atoms with Gasteiger partial charge in [-0.3, -0.25) is 0 Å². The standard InChI is InChI=1S/C15H17N3/c1-4-18(5-2)15-13(10-16)9-12-7-6-11(3)8-14(12)17-15/h6-9H,4-5H2,1-3H3. The zero-order valence-corrected chi connectivity index (χ0v) is 11.1. The molecular weight excluding hydrogens is 222 g/mol. The van der Waals surface area contributed by atoms with Gasteiger partial charge in [0.25, 0.3) is 0 Å². The summed E-state index contributed by atoms with van der Waals surface area (Å²) in [6.07, 6.45) is 0.